The second kappa shape index (κ2) is 17.3. The van der Waals surface area contributed by atoms with Gasteiger partial charge in [-0.15, -0.1) is 17.0 Å². The van der Waals surface area contributed by atoms with E-state index in [1.165, 1.54) is 18.6 Å². The fourth-order valence-electron chi connectivity index (χ4n) is 2.35. The fourth-order valence-corrected chi connectivity index (χ4v) is 2.71. The third-order valence-electron chi connectivity index (χ3n) is 3.84. The summed E-state index contributed by atoms with van der Waals surface area (Å²) in [6.45, 7) is 4.16. The predicted octanol–water partition coefficient (Wildman–Crippen LogP) is 4.99. The molecule has 0 radical (unpaired) electrons. The third kappa shape index (κ3) is 10.2. The first-order chi connectivity index (χ1) is 15.0. The van der Waals surface area contributed by atoms with Crippen LogP contribution in [-0.2, 0) is 13.6 Å². The van der Waals surface area contributed by atoms with Gasteiger partial charge in [-0.2, -0.15) is 0 Å². The van der Waals surface area contributed by atoms with Gasteiger partial charge in [0.25, 0.3) is 0 Å². The number of rotatable bonds is 5. The number of nitrogens with one attached hydrogen (secondary N) is 1. The lowest BCUT2D eigenvalue weighted by molar-refractivity contribution is 0.0980. The Morgan fingerprint density at radius 3 is 2.50 bits per heavy atom. The van der Waals surface area contributed by atoms with Crippen molar-refractivity contribution in [1.29, 1.82) is 0 Å². The number of carbonyl (C=O) groups is 3. The van der Waals surface area contributed by atoms with Gasteiger partial charge in [0.1, 0.15) is 17.1 Å². The molecule has 0 unspecified atom stereocenters. The first-order valence-corrected chi connectivity index (χ1v) is 16.3. The Hall–Kier alpha value is -1.20. The van der Waals surface area contributed by atoms with Crippen molar-refractivity contribution in [3.63, 3.8) is 0 Å². The normalized spacial score (nSPS) is 10.7. The van der Waals surface area contributed by atoms with E-state index < -0.39 is 0 Å². The number of aromatic nitrogens is 6. The lowest BCUT2D eigenvalue weighted by Crippen LogP contribution is -1.98. The summed E-state index contributed by atoms with van der Waals surface area (Å²) in [5.74, 6) is 0.169. The van der Waals surface area contributed by atoms with Gasteiger partial charge in [-0.25, -0.2) is 15.0 Å². The maximum Gasteiger partial charge on any atom is 0.205 e. The number of nitrogens with zero attached hydrogens (tertiary/aromatic N) is 5. The summed E-state index contributed by atoms with van der Waals surface area (Å²) < 4.78 is 3.60. The van der Waals surface area contributed by atoms with Crippen molar-refractivity contribution in [2.75, 3.05) is 5.33 Å². The molecular formula is C19H22Br2I2N6O3. The molecule has 3 aromatic heterocycles. The fraction of sp³-hybridized carbons (Fsp3) is 0.263. The number of aryl methyl sites for hydroxylation is 2. The average Bonchev–Trinajstić information content (AvgIpc) is 3.58. The average molecular weight is 796 g/mol. The molecule has 0 aliphatic carbocycles. The lowest BCUT2D eigenvalue weighted by atomic mass is 10.2. The van der Waals surface area contributed by atoms with E-state index in [0.29, 0.717) is 29.6 Å². The monoisotopic (exact) mass is 794 g/mol. The molecule has 0 spiro atoms. The van der Waals surface area contributed by atoms with E-state index in [4.69, 9.17) is 0 Å². The minimum absolute atomic E-state index is 0. The molecule has 1 N–H and O–H groups in total. The topological polar surface area (TPSA) is 116 Å². The Morgan fingerprint density at radius 2 is 2.00 bits per heavy atom. The van der Waals surface area contributed by atoms with Crippen molar-refractivity contribution >= 4 is 87.5 Å². The van der Waals surface area contributed by atoms with Gasteiger partial charge in [0.05, 0.1) is 31.4 Å². The highest BCUT2D eigenvalue weighted by Crippen LogP contribution is 2.11. The molecule has 1 aliphatic heterocycles. The van der Waals surface area contributed by atoms with Crippen molar-refractivity contribution < 1.29 is 14.4 Å². The lowest BCUT2D eigenvalue weighted by Gasteiger charge is -1.89. The number of hydrogen-bond acceptors (Lipinski definition) is 6. The molecule has 3 aromatic rings. The van der Waals surface area contributed by atoms with Crippen LogP contribution in [0.1, 0.15) is 44.3 Å². The Balaban J connectivity index is 0.000000427. The molecule has 0 atom stereocenters. The zero-order chi connectivity index (χ0) is 23.2. The van der Waals surface area contributed by atoms with Crippen LogP contribution in [0.25, 0.3) is 0 Å². The van der Waals surface area contributed by atoms with Crippen LogP contribution in [-0.4, -0.2) is 51.7 Å². The van der Waals surface area contributed by atoms with Gasteiger partial charge in [0, 0.05) is 75.2 Å². The van der Waals surface area contributed by atoms with E-state index in [2.05, 4.69) is 79.7 Å². The maximum absolute atomic E-state index is 11.0. The zero-order valence-electron chi connectivity index (χ0n) is 17.1. The van der Waals surface area contributed by atoms with E-state index in [-0.39, 0.29) is 34.3 Å². The number of imidazole rings is 3. The van der Waals surface area contributed by atoms with Gasteiger partial charge in [0.15, 0.2) is 11.6 Å². The smallest absolute Gasteiger partial charge is 0.205 e. The van der Waals surface area contributed by atoms with Gasteiger partial charge >= 0.3 is 0 Å². The predicted molar refractivity (Wildman–Crippen MR) is 149 cm³/mol. The SMILES string of the molecule is Br.C=CC(=O)c1cn(C)cn1.II.O=C(CCBr)c1cnc[nH]1.O=C1CCn2cncc21. The number of carbonyl (C=O) groups excluding carboxylic acids is 3. The summed E-state index contributed by atoms with van der Waals surface area (Å²) in [4.78, 5) is 46.8. The van der Waals surface area contributed by atoms with Crippen LogP contribution in [0, 0.1) is 0 Å². The molecule has 0 bridgehead atoms. The molecule has 0 saturated heterocycles. The molecule has 0 amide bonds. The molecule has 4 heterocycles. The van der Waals surface area contributed by atoms with Crippen LogP contribution in [0.5, 0.6) is 0 Å². The molecular weight excluding hydrogens is 774 g/mol. The maximum atomic E-state index is 11.0. The first-order valence-electron chi connectivity index (χ1n) is 8.86. The number of halogens is 4. The Kier molecular flexibility index (Phi) is 16.7. The Labute approximate surface area is 228 Å². The molecule has 13 heteroatoms. The number of aromatic amines is 1. The van der Waals surface area contributed by atoms with Gasteiger partial charge in [-0.05, 0) is 6.08 Å². The van der Waals surface area contributed by atoms with E-state index in [0.717, 1.165) is 12.2 Å². The molecule has 32 heavy (non-hydrogen) atoms. The van der Waals surface area contributed by atoms with Crippen LogP contribution in [0.15, 0.2) is 50.2 Å². The molecule has 0 aromatic carbocycles. The number of ketones is 3. The summed E-state index contributed by atoms with van der Waals surface area (Å²) in [6.07, 6.45) is 12.0. The number of Topliss-reactive ketones (excluding diaryl/α,β-unsaturated/α-hetero) is 2. The summed E-state index contributed by atoms with van der Waals surface area (Å²) in [5.41, 5.74) is 1.78. The van der Waals surface area contributed by atoms with Crippen LogP contribution in [0.4, 0.5) is 0 Å². The first kappa shape index (κ1) is 30.8. The molecule has 0 saturated carbocycles. The minimum atomic E-state index is -0.138. The minimum Gasteiger partial charge on any atom is -0.342 e. The highest BCUT2D eigenvalue weighted by molar-refractivity contribution is 15.0. The van der Waals surface area contributed by atoms with E-state index in [9.17, 15) is 14.4 Å². The van der Waals surface area contributed by atoms with E-state index in [1.54, 1.807) is 29.6 Å². The van der Waals surface area contributed by atoms with Crippen molar-refractivity contribution in [3.8, 4) is 0 Å². The van der Waals surface area contributed by atoms with Crippen molar-refractivity contribution in [3.05, 3.63) is 67.3 Å². The second-order valence-electron chi connectivity index (χ2n) is 5.97. The molecule has 4 rings (SSSR count). The van der Waals surface area contributed by atoms with E-state index >= 15 is 0 Å². The molecule has 9 nitrogen and oxygen atoms in total. The summed E-state index contributed by atoms with van der Waals surface area (Å²) in [7, 11) is 1.81. The molecule has 0 fully saturated rings. The standard InChI is InChI=1S/C7H8N2O.C6H7BrN2O.C6H6N2O.BrH.I2/c1-3-7(10)6-4-9(2)5-8-6;7-2-1-6(10)5-3-8-4-9-5;9-6-1-2-8-4-7-3-5(6)8;;1-2/h3-5H,1H2,2H3;3-4H,1-2H2,(H,8,9);3-4H,1-2H2;1H;. The van der Waals surface area contributed by atoms with Crippen LogP contribution in [0.3, 0.4) is 0 Å². The van der Waals surface area contributed by atoms with Crippen molar-refractivity contribution in [2.45, 2.75) is 19.4 Å². The zero-order valence-corrected chi connectivity index (χ0v) is 24.7. The Bertz CT molecular complexity index is 989. The number of fused-ring (bicyclic) bond motifs is 1. The van der Waals surface area contributed by atoms with Gasteiger partial charge in [-0.3, -0.25) is 14.4 Å². The van der Waals surface area contributed by atoms with Gasteiger partial charge in [0.2, 0.25) is 5.78 Å². The number of hydrogen-bond donors (Lipinski definition) is 1. The summed E-state index contributed by atoms with van der Waals surface area (Å²) >= 11 is 7.42. The van der Waals surface area contributed by atoms with Crippen molar-refractivity contribution in [1.82, 2.24) is 29.1 Å². The molecule has 174 valence electrons. The van der Waals surface area contributed by atoms with Crippen LogP contribution >= 0.6 is 70.1 Å². The van der Waals surface area contributed by atoms with E-state index in [1.807, 2.05) is 11.6 Å². The third-order valence-corrected chi connectivity index (χ3v) is 4.24. The highest BCUT2D eigenvalue weighted by atomic mass is 128. The number of alkyl halides is 1. The Morgan fingerprint density at radius 1 is 1.28 bits per heavy atom. The number of allylic oxidation sites excluding steroid dienone is 1. The van der Waals surface area contributed by atoms with Crippen LogP contribution in [0.2, 0.25) is 0 Å². The molecule has 1 aliphatic rings. The largest absolute Gasteiger partial charge is 0.342 e. The van der Waals surface area contributed by atoms with Crippen molar-refractivity contribution in [2.24, 2.45) is 7.05 Å². The number of H-pyrrole nitrogens is 1. The second-order valence-corrected chi connectivity index (χ2v) is 6.76. The van der Waals surface area contributed by atoms with Crippen LogP contribution < -0.4 is 0 Å². The highest BCUT2D eigenvalue weighted by Gasteiger charge is 2.17. The quantitative estimate of drug-likeness (QED) is 0.169. The van der Waals surface area contributed by atoms with Gasteiger partial charge in [-0.1, -0.05) is 22.5 Å². The van der Waals surface area contributed by atoms with Gasteiger partial charge < -0.3 is 14.1 Å². The summed E-state index contributed by atoms with van der Waals surface area (Å²) in [5, 5.41) is 0.699. The summed E-state index contributed by atoms with van der Waals surface area (Å²) in [6, 6.07) is 0.